The third-order valence-corrected chi connectivity index (χ3v) is 7.60. The molecule has 0 bridgehead atoms. The van der Waals surface area contributed by atoms with Crippen LogP contribution in [0.25, 0.3) is 0 Å². The summed E-state index contributed by atoms with van der Waals surface area (Å²) in [7, 11) is -2.93. The summed E-state index contributed by atoms with van der Waals surface area (Å²) in [6.45, 7) is 9.54. The van der Waals surface area contributed by atoms with Crippen LogP contribution in [-0.2, 0) is 25.7 Å². The van der Waals surface area contributed by atoms with Crippen LogP contribution in [0, 0.1) is 5.92 Å². The van der Waals surface area contributed by atoms with E-state index in [-0.39, 0.29) is 23.5 Å². The van der Waals surface area contributed by atoms with Crippen LogP contribution in [0.5, 0.6) is 0 Å². The van der Waals surface area contributed by atoms with E-state index < -0.39 is 27.3 Å². The molecule has 3 rings (SSSR count). The van der Waals surface area contributed by atoms with Gasteiger partial charge in [-0.3, -0.25) is 4.90 Å². The summed E-state index contributed by atoms with van der Waals surface area (Å²) in [4.78, 5) is 14.3. The van der Waals surface area contributed by atoms with Crippen LogP contribution in [0.4, 0.5) is 4.79 Å². The molecule has 29 heavy (non-hydrogen) atoms. The van der Waals surface area contributed by atoms with Gasteiger partial charge in [0.25, 0.3) is 5.22 Å². The molecule has 0 saturated carbocycles. The first-order chi connectivity index (χ1) is 13.3. The smallest absolute Gasteiger partial charge is 0.412 e. The Bertz CT molecular complexity index is 846. The van der Waals surface area contributed by atoms with Crippen molar-refractivity contribution in [3.05, 3.63) is 5.89 Å². The summed E-state index contributed by atoms with van der Waals surface area (Å²) in [5.74, 6) is 1.40. The second kappa shape index (κ2) is 8.07. The number of hydrogen-bond acceptors (Lipinski definition) is 9. The van der Waals surface area contributed by atoms with Gasteiger partial charge in [-0.1, -0.05) is 11.8 Å². The highest BCUT2D eigenvalue weighted by atomic mass is 32.2. The SMILES string of the molecule is CC(C)(C)OC(=O)N1[C@@H](CSc2nnc(C[C@H]3CCS(=O)(=O)C3)o2)COC1(C)C. The summed E-state index contributed by atoms with van der Waals surface area (Å²) >= 11 is 1.35. The van der Waals surface area contributed by atoms with Crippen LogP contribution >= 0.6 is 11.8 Å². The molecule has 9 nitrogen and oxygen atoms in total. The Morgan fingerprint density at radius 3 is 2.69 bits per heavy atom. The Kier molecular flexibility index (Phi) is 6.22. The average Bonchev–Trinajstić information content (AvgIpc) is 3.21. The highest BCUT2D eigenvalue weighted by molar-refractivity contribution is 7.99. The van der Waals surface area contributed by atoms with Gasteiger partial charge in [-0.2, -0.15) is 0 Å². The van der Waals surface area contributed by atoms with Crippen molar-refractivity contribution in [1.82, 2.24) is 15.1 Å². The van der Waals surface area contributed by atoms with E-state index in [4.69, 9.17) is 13.9 Å². The first-order valence-electron chi connectivity index (χ1n) is 9.66. The number of thioether (sulfide) groups is 1. The standard InChI is InChI=1S/C18H29N3O6S2/c1-17(2,3)27-16(22)21-13(9-25-18(21,4)5)10-28-15-20-19-14(26-15)8-12-6-7-29(23,24)11-12/h12-13H,6-11H2,1-5H3/t12-,13-/m1/s1. The topological polar surface area (TPSA) is 112 Å². The third kappa shape index (κ3) is 5.85. The summed E-state index contributed by atoms with van der Waals surface area (Å²) in [6, 6.07) is -0.194. The zero-order valence-corrected chi connectivity index (χ0v) is 19.1. The molecule has 0 N–H and O–H groups in total. The molecule has 1 amide bonds. The van der Waals surface area contributed by atoms with Crippen LogP contribution in [0.2, 0.25) is 0 Å². The lowest BCUT2D eigenvalue weighted by atomic mass is 10.1. The molecular weight excluding hydrogens is 418 g/mol. The summed E-state index contributed by atoms with van der Waals surface area (Å²) in [5.41, 5.74) is -1.36. The molecule has 0 aliphatic carbocycles. The van der Waals surface area contributed by atoms with Gasteiger partial charge in [0.1, 0.15) is 11.3 Å². The molecule has 0 unspecified atom stereocenters. The second-order valence-electron chi connectivity index (χ2n) is 9.01. The van der Waals surface area contributed by atoms with Crippen LogP contribution < -0.4 is 0 Å². The summed E-state index contributed by atoms with van der Waals surface area (Å²) in [5, 5.41) is 8.48. The fraction of sp³-hybridized carbons (Fsp3) is 0.833. The molecule has 1 aromatic rings. The molecule has 164 valence electrons. The fourth-order valence-corrected chi connectivity index (χ4v) is 6.21. The molecule has 0 spiro atoms. The number of carbonyl (C=O) groups excluding carboxylic acids is 1. The van der Waals surface area contributed by atoms with Crippen molar-refractivity contribution in [3.8, 4) is 0 Å². The first-order valence-corrected chi connectivity index (χ1v) is 12.5. The predicted octanol–water partition coefficient (Wildman–Crippen LogP) is 2.51. The van der Waals surface area contributed by atoms with Gasteiger partial charge in [-0.15, -0.1) is 10.2 Å². The van der Waals surface area contributed by atoms with Crippen molar-refractivity contribution >= 4 is 27.7 Å². The molecule has 2 aliphatic heterocycles. The number of hydrogen-bond donors (Lipinski definition) is 0. The number of rotatable bonds is 5. The van der Waals surface area contributed by atoms with E-state index in [1.807, 2.05) is 34.6 Å². The molecule has 2 atom stereocenters. The van der Waals surface area contributed by atoms with Gasteiger partial charge in [-0.25, -0.2) is 13.2 Å². The summed E-state index contributed by atoms with van der Waals surface area (Å²) in [6.07, 6.45) is 0.683. The molecule has 2 aliphatic rings. The van der Waals surface area contributed by atoms with Crippen LogP contribution in [-0.4, -0.2) is 70.8 Å². The number of amides is 1. The van der Waals surface area contributed by atoms with Crippen molar-refractivity contribution < 1.29 is 27.1 Å². The molecule has 0 aromatic carbocycles. The van der Waals surface area contributed by atoms with E-state index in [1.165, 1.54) is 11.8 Å². The quantitative estimate of drug-likeness (QED) is 0.628. The minimum atomic E-state index is -2.93. The van der Waals surface area contributed by atoms with E-state index in [0.717, 1.165) is 0 Å². The van der Waals surface area contributed by atoms with Crippen molar-refractivity contribution in [2.24, 2.45) is 5.92 Å². The first kappa shape index (κ1) is 22.4. The average molecular weight is 448 g/mol. The fourth-order valence-electron chi connectivity index (χ4n) is 3.51. The monoisotopic (exact) mass is 447 g/mol. The van der Waals surface area contributed by atoms with E-state index >= 15 is 0 Å². The highest BCUT2D eigenvalue weighted by Crippen LogP contribution is 2.32. The Balaban J connectivity index is 1.57. The Morgan fingerprint density at radius 1 is 1.34 bits per heavy atom. The third-order valence-electron chi connectivity index (χ3n) is 4.80. The van der Waals surface area contributed by atoms with Crippen molar-refractivity contribution in [2.75, 3.05) is 23.9 Å². The largest absolute Gasteiger partial charge is 0.444 e. The van der Waals surface area contributed by atoms with Gasteiger partial charge < -0.3 is 13.9 Å². The van der Waals surface area contributed by atoms with Gasteiger partial charge in [-0.05, 0) is 47.0 Å². The highest BCUT2D eigenvalue weighted by Gasteiger charge is 2.45. The van der Waals surface area contributed by atoms with Crippen molar-refractivity contribution in [3.63, 3.8) is 0 Å². The normalized spacial score (nSPS) is 26.0. The lowest BCUT2D eigenvalue weighted by molar-refractivity contribution is -0.0617. The molecule has 1 aromatic heterocycles. The second-order valence-corrected chi connectivity index (χ2v) is 12.2. The lowest BCUT2D eigenvalue weighted by Gasteiger charge is -2.34. The number of ether oxygens (including phenoxy) is 2. The van der Waals surface area contributed by atoms with Gasteiger partial charge in [0.15, 0.2) is 9.84 Å². The molecule has 2 fully saturated rings. The van der Waals surface area contributed by atoms with Crippen LogP contribution in [0.3, 0.4) is 0 Å². The van der Waals surface area contributed by atoms with Crippen molar-refractivity contribution in [2.45, 2.75) is 70.1 Å². The summed E-state index contributed by atoms with van der Waals surface area (Å²) < 4.78 is 40.2. The maximum Gasteiger partial charge on any atom is 0.412 e. The van der Waals surface area contributed by atoms with Crippen LogP contribution in [0.15, 0.2) is 9.64 Å². The maximum atomic E-state index is 12.7. The molecule has 2 saturated heterocycles. The van der Waals surface area contributed by atoms with Gasteiger partial charge in [0.2, 0.25) is 5.89 Å². The predicted molar refractivity (Wildman–Crippen MR) is 107 cm³/mol. The minimum Gasteiger partial charge on any atom is -0.444 e. The van der Waals surface area contributed by atoms with E-state index in [1.54, 1.807) is 4.90 Å². The molecule has 3 heterocycles. The minimum absolute atomic E-state index is 0.0324. The van der Waals surface area contributed by atoms with E-state index in [9.17, 15) is 13.2 Å². The number of nitrogens with zero attached hydrogens (tertiary/aromatic N) is 3. The molecule has 11 heteroatoms. The van der Waals surface area contributed by atoms with Gasteiger partial charge in [0.05, 0.1) is 24.2 Å². The van der Waals surface area contributed by atoms with Crippen LogP contribution in [0.1, 0.15) is 46.9 Å². The zero-order chi connectivity index (χ0) is 21.4. The maximum absolute atomic E-state index is 12.7. The van der Waals surface area contributed by atoms with Gasteiger partial charge >= 0.3 is 6.09 Å². The van der Waals surface area contributed by atoms with Gasteiger partial charge in [0, 0.05) is 12.2 Å². The molecular formula is C18H29N3O6S2. The Labute approximate surface area is 175 Å². The van der Waals surface area contributed by atoms with Crippen molar-refractivity contribution in [1.29, 1.82) is 0 Å². The van der Waals surface area contributed by atoms with E-state index in [2.05, 4.69) is 10.2 Å². The lowest BCUT2D eigenvalue weighted by Crippen LogP contribution is -2.50. The zero-order valence-electron chi connectivity index (χ0n) is 17.5. The molecule has 0 radical (unpaired) electrons. The number of sulfone groups is 1. The Hall–Kier alpha value is -1.33. The Morgan fingerprint density at radius 2 is 2.07 bits per heavy atom. The van der Waals surface area contributed by atoms with E-state index in [0.29, 0.717) is 36.3 Å². The number of carbonyl (C=O) groups is 1. The number of aromatic nitrogens is 2.